The Hall–Kier alpha value is -0.540. The molecule has 1 aromatic carbocycles. The fraction of sp³-hybridized carbons (Fsp3) is 0.600. The molecule has 1 unspecified atom stereocenters. The molecule has 0 amide bonds. The molecule has 0 fully saturated rings. The summed E-state index contributed by atoms with van der Waals surface area (Å²) in [6.45, 7) is 11.6. The van der Waals surface area contributed by atoms with Gasteiger partial charge in [0.25, 0.3) is 0 Å². The van der Waals surface area contributed by atoms with Crippen molar-refractivity contribution in [1.82, 2.24) is 5.32 Å². The average molecular weight is 314 g/mol. The van der Waals surface area contributed by atoms with Crippen LogP contribution in [-0.4, -0.2) is 12.1 Å². The van der Waals surface area contributed by atoms with Gasteiger partial charge in [0.05, 0.1) is 0 Å². The highest BCUT2D eigenvalue weighted by molar-refractivity contribution is 9.10. The van der Waals surface area contributed by atoms with Crippen LogP contribution in [0.5, 0.6) is 5.75 Å². The fourth-order valence-corrected chi connectivity index (χ4v) is 2.13. The second-order valence-electron chi connectivity index (χ2n) is 5.57. The number of hydrogen-bond donors (Lipinski definition) is 1. The lowest BCUT2D eigenvalue weighted by atomic mass is 10.1. The molecule has 18 heavy (non-hydrogen) atoms. The third-order valence-electron chi connectivity index (χ3n) is 2.56. The number of benzene rings is 1. The summed E-state index contributed by atoms with van der Waals surface area (Å²) in [6.07, 6.45) is 1.13. The molecule has 0 saturated heterocycles. The van der Waals surface area contributed by atoms with Gasteiger partial charge in [0.1, 0.15) is 11.4 Å². The van der Waals surface area contributed by atoms with E-state index in [-0.39, 0.29) is 5.60 Å². The number of nitrogens with one attached hydrogen (secondary N) is 1. The molecule has 1 N–H and O–H groups in total. The first-order chi connectivity index (χ1) is 8.33. The summed E-state index contributed by atoms with van der Waals surface area (Å²) in [4.78, 5) is 0. The summed E-state index contributed by atoms with van der Waals surface area (Å²) < 4.78 is 7.12. The van der Waals surface area contributed by atoms with Crippen LogP contribution >= 0.6 is 15.9 Å². The SMILES string of the molecule is CCCNC(C)c1cc(Br)ccc1OC(C)(C)C. The Balaban J connectivity index is 2.96. The molecule has 0 radical (unpaired) electrons. The topological polar surface area (TPSA) is 21.3 Å². The standard InChI is InChI=1S/C15H24BrNO/c1-6-9-17-11(2)13-10-12(16)7-8-14(13)18-15(3,4)5/h7-8,10-11,17H,6,9H2,1-5H3. The Morgan fingerprint density at radius 3 is 2.56 bits per heavy atom. The zero-order valence-corrected chi connectivity index (χ0v) is 13.6. The summed E-state index contributed by atoms with van der Waals surface area (Å²) in [7, 11) is 0. The monoisotopic (exact) mass is 313 g/mol. The van der Waals surface area contributed by atoms with Crippen molar-refractivity contribution in [3.05, 3.63) is 28.2 Å². The Bertz CT molecular complexity index is 385. The summed E-state index contributed by atoms with van der Waals surface area (Å²) in [5.41, 5.74) is 1.03. The Morgan fingerprint density at radius 2 is 2.00 bits per heavy atom. The first-order valence-corrected chi connectivity index (χ1v) is 7.34. The first-order valence-electron chi connectivity index (χ1n) is 6.55. The lowest BCUT2D eigenvalue weighted by Gasteiger charge is -2.25. The van der Waals surface area contributed by atoms with Crippen LogP contribution in [0.4, 0.5) is 0 Å². The highest BCUT2D eigenvalue weighted by Crippen LogP contribution is 2.31. The zero-order chi connectivity index (χ0) is 13.8. The van der Waals surface area contributed by atoms with Crippen molar-refractivity contribution >= 4 is 15.9 Å². The molecule has 3 heteroatoms. The third-order valence-corrected chi connectivity index (χ3v) is 3.05. The van der Waals surface area contributed by atoms with Gasteiger partial charge in [-0.2, -0.15) is 0 Å². The zero-order valence-electron chi connectivity index (χ0n) is 12.0. The predicted molar refractivity (Wildman–Crippen MR) is 81.2 cm³/mol. The molecule has 0 saturated carbocycles. The predicted octanol–water partition coefficient (Wildman–Crippen LogP) is 4.69. The van der Waals surface area contributed by atoms with Crippen LogP contribution in [0.1, 0.15) is 52.6 Å². The highest BCUT2D eigenvalue weighted by atomic mass is 79.9. The van der Waals surface area contributed by atoms with E-state index in [9.17, 15) is 0 Å². The van der Waals surface area contributed by atoms with E-state index in [0.29, 0.717) is 6.04 Å². The van der Waals surface area contributed by atoms with Crippen LogP contribution in [0, 0.1) is 0 Å². The normalized spacial score (nSPS) is 13.4. The van der Waals surface area contributed by atoms with Gasteiger partial charge in [0.2, 0.25) is 0 Å². The van der Waals surface area contributed by atoms with Gasteiger partial charge in [-0.25, -0.2) is 0 Å². The number of hydrogen-bond acceptors (Lipinski definition) is 2. The molecule has 0 aliphatic rings. The molecule has 0 aromatic heterocycles. The largest absolute Gasteiger partial charge is 0.488 e. The Kier molecular flexibility index (Phi) is 5.67. The van der Waals surface area contributed by atoms with E-state index < -0.39 is 0 Å². The average Bonchev–Trinajstić information content (AvgIpc) is 2.26. The molecular weight excluding hydrogens is 290 g/mol. The Morgan fingerprint density at radius 1 is 1.33 bits per heavy atom. The molecule has 0 bridgehead atoms. The van der Waals surface area contributed by atoms with E-state index in [4.69, 9.17) is 4.74 Å². The number of rotatable bonds is 5. The molecule has 0 spiro atoms. The van der Waals surface area contributed by atoms with Gasteiger partial charge in [-0.1, -0.05) is 22.9 Å². The molecule has 0 aliphatic heterocycles. The van der Waals surface area contributed by atoms with Crippen molar-refractivity contribution in [2.75, 3.05) is 6.54 Å². The van der Waals surface area contributed by atoms with Gasteiger partial charge in [-0.05, 0) is 58.9 Å². The molecular formula is C15H24BrNO. The van der Waals surface area contributed by atoms with Crippen LogP contribution in [0.2, 0.25) is 0 Å². The number of halogens is 1. The van der Waals surface area contributed by atoms with Crippen molar-refractivity contribution in [3.63, 3.8) is 0 Å². The van der Waals surface area contributed by atoms with E-state index in [1.54, 1.807) is 0 Å². The molecule has 0 heterocycles. The molecule has 0 aliphatic carbocycles. The molecule has 102 valence electrons. The molecule has 1 aromatic rings. The first kappa shape index (κ1) is 15.5. The van der Waals surface area contributed by atoms with Crippen LogP contribution in [-0.2, 0) is 0 Å². The molecule has 2 nitrogen and oxygen atoms in total. The van der Waals surface area contributed by atoms with Crippen molar-refractivity contribution in [1.29, 1.82) is 0 Å². The van der Waals surface area contributed by atoms with E-state index in [1.165, 1.54) is 5.56 Å². The van der Waals surface area contributed by atoms with Gasteiger partial charge in [-0.15, -0.1) is 0 Å². The Labute approximate surface area is 119 Å². The summed E-state index contributed by atoms with van der Waals surface area (Å²) in [5, 5.41) is 3.50. The second kappa shape index (κ2) is 6.58. The van der Waals surface area contributed by atoms with Crippen molar-refractivity contribution in [3.8, 4) is 5.75 Å². The summed E-state index contributed by atoms with van der Waals surface area (Å²) in [6, 6.07) is 6.49. The number of ether oxygens (including phenoxy) is 1. The van der Waals surface area contributed by atoms with Crippen molar-refractivity contribution < 1.29 is 4.74 Å². The second-order valence-corrected chi connectivity index (χ2v) is 6.49. The van der Waals surface area contributed by atoms with Gasteiger partial charge in [0.15, 0.2) is 0 Å². The van der Waals surface area contributed by atoms with Gasteiger partial charge < -0.3 is 10.1 Å². The van der Waals surface area contributed by atoms with Crippen molar-refractivity contribution in [2.24, 2.45) is 0 Å². The van der Waals surface area contributed by atoms with E-state index in [0.717, 1.165) is 23.2 Å². The molecule has 1 rings (SSSR count). The minimum atomic E-state index is -0.174. The summed E-state index contributed by atoms with van der Waals surface area (Å²) >= 11 is 3.53. The van der Waals surface area contributed by atoms with Crippen molar-refractivity contribution in [2.45, 2.75) is 52.7 Å². The van der Waals surface area contributed by atoms with Gasteiger partial charge >= 0.3 is 0 Å². The lowest BCUT2D eigenvalue weighted by Crippen LogP contribution is -2.25. The van der Waals surface area contributed by atoms with Crippen LogP contribution in [0.3, 0.4) is 0 Å². The third kappa shape index (κ3) is 4.99. The fourth-order valence-electron chi connectivity index (χ4n) is 1.75. The maximum Gasteiger partial charge on any atom is 0.124 e. The van der Waals surface area contributed by atoms with Crippen LogP contribution in [0.25, 0.3) is 0 Å². The van der Waals surface area contributed by atoms with Crippen LogP contribution < -0.4 is 10.1 Å². The van der Waals surface area contributed by atoms with E-state index >= 15 is 0 Å². The summed E-state index contributed by atoms with van der Waals surface area (Å²) in [5.74, 6) is 0.960. The minimum Gasteiger partial charge on any atom is -0.488 e. The smallest absolute Gasteiger partial charge is 0.124 e. The van der Waals surface area contributed by atoms with E-state index in [1.807, 2.05) is 12.1 Å². The maximum atomic E-state index is 6.03. The lowest BCUT2D eigenvalue weighted by molar-refractivity contribution is 0.128. The highest BCUT2D eigenvalue weighted by Gasteiger charge is 2.17. The molecule has 1 atom stereocenters. The quantitative estimate of drug-likeness (QED) is 0.851. The van der Waals surface area contributed by atoms with E-state index in [2.05, 4.69) is 61.9 Å². The van der Waals surface area contributed by atoms with Gasteiger partial charge in [-0.3, -0.25) is 0 Å². The maximum absolute atomic E-state index is 6.03. The minimum absolute atomic E-state index is 0.174. The van der Waals surface area contributed by atoms with Crippen LogP contribution in [0.15, 0.2) is 22.7 Å². The van der Waals surface area contributed by atoms with Gasteiger partial charge in [0, 0.05) is 16.1 Å².